The highest BCUT2D eigenvalue weighted by molar-refractivity contribution is 6.10. The van der Waals surface area contributed by atoms with Gasteiger partial charge in [-0.3, -0.25) is 4.79 Å². The zero-order valence-electron chi connectivity index (χ0n) is 18.8. The molecular weight excluding hydrogens is 447 g/mol. The molecule has 0 unspecified atom stereocenters. The summed E-state index contributed by atoms with van der Waals surface area (Å²) in [6.07, 6.45) is 1.52. The number of ether oxygens (including phenoxy) is 1. The SMILES string of the molecule is COc1ccc(CNC(=O)c2c(N)n(/N=C/c3ccc(F)cc3)c3nc4ccccc4nc23)cc1. The maximum atomic E-state index is 13.3. The van der Waals surface area contributed by atoms with Gasteiger partial charge in [-0.1, -0.05) is 36.4 Å². The van der Waals surface area contributed by atoms with Gasteiger partial charge in [-0.2, -0.15) is 9.78 Å². The van der Waals surface area contributed by atoms with Crippen molar-refractivity contribution in [3.8, 4) is 5.75 Å². The Kier molecular flexibility index (Phi) is 5.80. The third kappa shape index (κ3) is 4.39. The van der Waals surface area contributed by atoms with E-state index in [4.69, 9.17) is 10.5 Å². The van der Waals surface area contributed by atoms with Crippen molar-refractivity contribution in [3.05, 3.63) is 95.3 Å². The number of nitrogen functional groups attached to an aromatic ring is 1. The highest BCUT2D eigenvalue weighted by Crippen LogP contribution is 2.28. The molecule has 174 valence electrons. The van der Waals surface area contributed by atoms with Gasteiger partial charge in [-0.05, 0) is 47.5 Å². The third-order valence-corrected chi connectivity index (χ3v) is 5.51. The summed E-state index contributed by atoms with van der Waals surface area (Å²) < 4.78 is 19.8. The molecule has 0 atom stereocenters. The van der Waals surface area contributed by atoms with Crippen LogP contribution in [0.25, 0.3) is 22.2 Å². The molecule has 3 N–H and O–H groups in total. The van der Waals surface area contributed by atoms with Crippen molar-refractivity contribution >= 4 is 40.1 Å². The summed E-state index contributed by atoms with van der Waals surface area (Å²) in [6, 6.07) is 20.6. The minimum absolute atomic E-state index is 0.0981. The molecule has 0 bridgehead atoms. The molecule has 8 nitrogen and oxygen atoms in total. The van der Waals surface area contributed by atoms with Crippen LogP contribution in [0.1, 0.15) is 21.5 Å². The van der Waals surface area contributed by atoms with E-state index >= 15 is 0 Å². The second-order valence-corrected chi connectivity index (χ2v) is 7.78. The van der Waals surface area contributed by atoms with Crippen molar-refractivity contribution in [2.45, 2.75) is 6.54 Å². The van der Waals surface area contributed by atoms with Crippen molar-refractivity contribution in [2.24, 2.45) is 5.10 Å². The van der Waals surface area contributed by atoms with E-state index < -0.39 is 5.91 Å². The molecule has 0 radical (unpaired) electrons. The highest BCUT2D eigenvalue weighted by atomic mass is 19.1. The molecule has 3 aromatic carbocycles. The first kappa shape index (κ1) is 22.0. The number of hydrogen-bond acceptors (Lipinski definition) is 6. The number of carbonyl (C=O) groups excluding carboxylic acids is 1. The van der Waals surface area contributed by atoms with Crippen LogP contribution in [-0.2, 0) is 6.54 Å². The Morgan fingerprint density at radius 2 is 1.74 bits per heavy atom. The summed E-state index contributed by atoms with van der Waals surface area (Å²) in [7, 11) is 1.60. The summed E-state index contributed by atoms with van der Waals surface area (Å²) in [6.45, 7) is 0.287. The van der Waals surface area contributed by atoms with Gasteiger partial charge in [0.15, 0.2) is 5.65 Å². The molecule has 1 amide bonds. The summed E-state index contributed by atoms with van der Waals surface area (Å²) >= 11 is 0. The van der Waals surface area contributed by atoms with E-state index in [0.717, 1.165) is 11.3 Å². The predicted molar refractivity (Wildman–Crippen MR) is 133 cm³/mol. The van der Waals surface area contributed by atoms with Crippen molar-refractivity contribution in [1.82, 2.24) is 20.0 Å². The lowest BCUT2D eigenvalue weighted by molar-refractivity contribution is 0.0953. The molecule has 35 heavy (non-hydrogen) atoms. The smallest absolute Gasteiger partial charge is 0.257 e. The van der Waals surface area contributed by atoms with Crippen LogP contribution in [0, 0.1) is 5.82 Å². The molecule has 9 heteroatoms. The summed E-state index contributed by atoms with van der Waals surface area (Å²) in [5, 5.41) is 7.32. The first-order chi connectivity index (χ1) is 17.0. The topological polar surface area (TPSA) is 107 Å². The van der Waals surface area contributed by atoms with E-state index in [1.807, 2.05) is 48.5 Å². The molecule has 0 aliphatic rings. The van der Waals surface area contributed by atoms with Crippen LogP contribution in [0.2, 0.25) is 0 Å². The fraction of sp³-hybridized carbons (Fsp3) is 0.0769. The molecule has 0 aliphatic heterocycles. The minimum Gasteiger partial charge on any atom is -0.497 e. The van der Waals surface area contributed by atoms with Gasteiger partial charge < -0.3 is 15.8 Å². The van der Waals surface area contributed by atoms with Gasteiger partial charge in [0, 0.05) is 6.54 Å². The second kappa shape index (κ2) is 9.22. The number of hydrogen-bond donors (Lipinski definition) is 2. The fourth-order valence-corrected chi connectivity index (χ4v) is 3.68. The number of benzene rings is 3. The van der Waals surface area contributed by atoms with Crippen molar-refractivity contribution in [2.75, 3.05) is 12.8 Å². The molecule has 0 fully saturated rings. The highest BCUT2D eigenvalue weighted by Gasteiger charge is 2.24. The molecule has 0 saturated heterocycles. The Morgan fingerprint density at radius 3 is 2.43 bits per heavy atom. The molecule has 2 heterocycles. The molecule has 0 spiro atoms. The van der Waals surface area contributed by atoms with Crippen LogP contribution < -0.4 is 15.8 Å². The van der Waals surface area contributed by atoms with E-state index in [1.54, 1.807) is 19.2 Å². The maximum absolute atomic E-state index is 13.3. The fourth-order valence-electron chi connectivity index (χ4n) is 3.68. The molecular formula is C26H21FN6O2. The van der Waals surface area contributed by atoms with Gasteiger partial charge in [-0.25, -0.2) is 14.4 Å². The lowest BCUT2D eigenvalue weighted by atomic mass is 10.2. The van der Waals surface area contributed by atoms with E-state index in [1.165, 1.54) is 23.0 Å². The first-order valence-electron chi connectivity index (χ1n) is 10.8. The number of rotatable bonds is 6. The zero-order valence-corrected chi connectivity index (χ0v) is 18.8. The van der Waals surface area contributed by atoms with E-state index in [2.05, 4.69) is 20.4 Å². The number of anilines is 1. The minimum atomic E-state index is -0.399. The van der Waals surface area contributed by atoms with Gasteiger partial charge in [0.2, 0.25) is 0 Å². The van der Waals surface area contributed by atoms with Crippen LogP contribution in [0.5, 0.6) is 5.75 Å². The maximum Gasteiger partial charge on any atom is 0.257 e. The second-order valence-electron chi connectivity index (χ2n) is 7.78. The van der Waals surface area contributed by atoms with Crippen LogP contribution in [0.15, 0.2) is 77.9 Å². The Balaban J connectivity index is 1.55. The van der Waals surface area contributed by atoms with E-state index in [0.29, 0.717) is 27.8 Å². The number of aromatic nitrogens is 3. The van der Waals surface area contributed by atoms with E-state index in [9.17, 15) is 9.18 Å². The normalized spacial score (nSPS) is 11.4. The zero-order chi connectivity index (χ0) is 24.4. The average Bonchev–Trinajstić information content (AvgIpc) is 3.15. The Hall–Kier alpha value is -4.79. The molecule has 5 rings (SSSR count). The van der Waals surface area contributed by atoms with Crippen LogP contribution in [0.3, 0.4) is 0 Å². The summed E-state index contributed by atoms with van der Waals surface area (Å²) in [5.41, 5.74) is 10.1. The monoisotopic (exact) mass is 468 g/mol. The molecule has 5 aromatic rings. The van der Waals surface area contributed by atoms with Crippen molar-refractivity contribution in [1.29, 1.82) is 0 Å². The standard InChI is InChI=1S/C26H21FN6O2/c1-35-19-12-8-16(9-13-19)14-29-26(34)22-23-25(32-21-5-3-2-4-20(21)31-23)33(24(22)28)30-15-17-6-10-18(27)11-7-17/h2-13,15H,14,28H2,1H3,(H,29,34)/b30-15+. The number of nitrogens with two attached hydrogens (primary N) is 1. The number of amides is 1. The van der Waals surface area contributed by atoms with Crippen LogP contribution in [-0.4, -0.2) is 33.9 Å². The first-order valence-corrected chi connectivity index (χ1v) is 10.8. The number of nitrogens with one attached hydrogen (secondary N) is 1. The lowest BCUT2D eigenvalue weighted by Crippen LogP contribution is -2.23. The van der Waals surface area contributed by atoms with Crippen molar-refractivity contribution < 1.29 is 13.9 Å². The predicted octanol–water partition coefficient (Wildman–Crippen LogP) is 4.13. The number of nitrogens with zero attached hydrogens (tertiary/aromatic N) is 4. The number of para-hydroxylation sites is 2. The Bertz CT molecular complexity index is 1560. The van der Waals surface area contributed by atoms with E-state index in [-0.39, 0.29) is 23.7 Å². The molecule has 0 saturated carbocycles. The lowest BCUT2D eigenvalue weighted by Gasteiger charge is -2.06. The Morgan fingerprint density at radius 1 is 1.06 bits per heavy atom. The Labute approximate surface area is 199 Å². The third-order valence-electron chi connectivity index (χ3n) is 5.51. The van der Waals surface area contributed by atoms with Gasteiger partial charge in [-0.15, -0.1) is 0 Å². The quantitative estimate of drug-likeness (QED) is 0.365. The molecule has 0 aliphatic carbocycles. The number of methoxy groups -OCH3 is 1. The van der Waals surface area contributed by atoms with Crippen molar-refractivity contribution in [3.63, 3.8) is 0 Å². The number of carbonyl (C=O) groups is 1. The van der Waals surface area contributed by atoms with Crippen LogP contribution >= 0.6 is 0 Å². The number of fused-ring (bicyclic) bond motifs is 2. The largest absolute Gasteiger partial charge is 0.497 e. The van der Waals surface area contributed by atoms with Crippen LogP contribution in [0.4, 0.5) is 10.2 Å². The summed E-state index contributed by atoms with van der Waals surface area (Å²) in [5.74, 6) is 0.0827. The van der Waals surface area contributed by atoms with Gasteiger partial charge in [0.05, 0.1) is 24.4 Å². The summed E-state index contributed by atoms with van der Waals surface area (Å²) in [4.78, 5) is 22.6. The number of halogens is 1. The van der Waals surface area contributed by atoms with Gasteiger partial charge in [0.25, 0.3) is 5.91 Å². The van der Waals surface area contributed by atoms with Gasteiger partial charge >= 0.3 is 0 Å². The van der Waals surface area contributed by atoms with Gasteiger partial charge in [0.1, 0.15) is 28.5 Å². The average molecular weight is 468 g/mol. The molecule has 2 aromatic heterocycles.